The molecule has 0 aliphatic carbocycles. The van der Waals surface area contributed by atoms with Crippen LogP contribution in [0.2, 0.25) is 0 Å². The summed E-state index contributed by atoms with van der Waals surface area (Å²) >= 11 is 8.24. The molecule has 1 unspecified atom stereocenters. The Morgan fingerprint density at radius 1 is 0.875 bits per heavy atom. The Labute approximate surface area is 165 Å². The maximum atomic E-state index is 12.7. The number of thiophene rings is 1. The number of rotatable bonds is 10. The molecule has 0 bridgehead atoms. The van der Waals surface area contributed by atoms with Crippen LogP contribution in [0.3, 0.4) is 0 Å². The first-order valence-electron chi connectivity index (χ1n) is 8.85. The highest BCUT2D eigenvalue weighted by Crippen LogP contribution is 2.42. The van der Waals surface area contributed by atoms with E-state index in [-0.39, 0.29) is 11.8 Å². The number of unbranched alkanes of at least 4 members (excludes halogenated alkanes) is 4. The largest absolute Gasteiger partial charge is 0.274 e. The average Bonchev–Trinajstić information content (AvgIpc) is 2.98. The maximum Gasteiger partial charge on any atom is 0.263 e. The third-order valence-electron chi connectivity index (χ3n) is 4.61. The molecule has 3 nitrogen and oxygen atoms in total. The number of carbonyl (C=O) groups is 2. The van der Waals surface area contributed by atoms with Crippen molar-refractivity contribution in [2.45, 2.75) is 65.2 Å². The van der Waals surface area contributed by atoms with Gasteiger partial charge in [0, 0.05) is 6.54 Å². The Kier molecular flexibility index (Phi) is 7.95. The minimum atomic E-state index is -0.140. The zero-order chi connectivity index (χ0) is 17.7. The number of hydrogen-bond acceptors (Lipinski definition) is 3. The normalized spacial score (nSPS) is 15.2. The molecule has 6 heteroatoms. The Balaban J connectivity index is 2.04. The number of carbonyl (C=O) groups excluding carboxylic acids is 2. The van der Waals surface area contributed by atoms with E-state index in [4.69, 9.17) is 0 Å². The van der Waals surface area contributed by atoms with E-state index in [1.807, 2.05) is 0 Å². The van der Waals surface area contributed by atoms with Crippen molar-refractivity contribution in [2.75, 3.05) is 6.54 Å². The molecule has 24 heavy (non-hydrogen) atoms. The molecule has 2 amide bonds. The SMILES string of the molecule is CCCCCCC(CCCC)CN1C(=O)c2c(Br)sc(Br)c2C1=O. The van der Waals surface area contributed by atoms with Gasteiger partial charge in [-0.2, -0.15) is 0 Å². The highest BCUT2D eigenvalue weighted by molar-refractivity contribution is 9.12. The van der Waals surface area contributed by atoms with Crippen LogP contribution in [0.5, 0.6) is 0 Å². The standard InChI is InChI=1S/C18H25Br2NO2S/c1-3-5-7-8-10-12(9-6-4-2)11-21-17(22)13-14(18(21)23)16(20)24-15(13)19/h12H,3-11H2,1-2H3. The molecule has 2 heterocycles. The molecule has 1 atom stereocenters. The summed E-state index contributed by atoms with van der Waals surface area (Å²) < 4.78 is 1.50. The third kappa shape index (κ3) is 4.50. The van der Waals surface area contributed by atoms with Gasteiger partial charge in [0.2, 0.25) is 0 Å². The highest BCUT2D eigenvalue weighted by Gasteiger charge is 2.41. The fraction of sp³-hybridized carbons (Fsp3) is 0.667. The van der Waals surface area contributed by atoms with Crippen molar-refractivity contribution in [1.82, 2.24) is 4.90 Å². The Bertz CT molecular complexity index is 564. The molecule has 134 valence electrons. The molecule has 0 N–H and O–H groups in total. The van der Waals surface area contributed by atoms with Crippen molar-refractivity contribution in [3.05, 3.63) is 18.7 Å². The topological polar surface area (TPSA) is 37.4 Å². The molecule has 1 aliphatic heterocycles. The summed E-state index contributed by atoms with van der Waals surface area (Å²) in [7, 11) is 0. The van der Waals surface area contributed by atoms with Gasteiger partial charge in [0.15, 0.2) is 0 Å². The van der Waals surface area contributed by atoms with Crippen LogP contribution in [0.15, 0.2) is 7.57 Å². The summed E-state index contributed by atoms with van der Waals surface area (Å²) in [5, 5.41) is 0. The zero-order valence-electron chi connectivity index (χ0n) is 14.4. The third-order valence-corrected chi connectivity index (χ3v) is 7.14. The van der Waals surface area contributed by atoms with Crippen LogP contribution in [0.1, 0.15) is 85.9 Å². The molecule has 0 aromatic carbocycles. The first-order chi connectivity index (χ1) is 11.5. The molecule has 0 spiro atoms. The van der Waals surface area contributed by atoms with Gasteiger partial charge in [0.05, 0.1) is 18.7 Å². The fourth-order valence-corrected chi connectivity index (χ4v) is 6.32. The van der Waals surface area contributed by atoms with E-state index in [2.05, 4.69) is 45.7 Å². The Morgan fingerprint density at radius 2 is 1.42 bits per heavy atom. The van der Waals surface area contributed by atoms with Crippen molar-refractivity contribution in [1.29, 1.82) is 0 Å². The van der Waals surface area contributed by atoms with Gasteiger partial charge in [0.25, 0.3) is 11.8 Å². The summed E-state index contributed by atoms with van der Waals surface area (Å²) in [6, 6.07) is 0. The molecule has 0 fully saturated rings. The molecule has 1 aromatic rings. The lowest BCUT2D eigenvalue weighted by Crippen LogP contribution is -2.35. The van der Waals surface area contributed by atoms with Gasteiger partial charge in [-0.05, 0) is 50.6 Å². The van der Waals surface area contributed by atoms with Crippen LogP contribution in [-0.2, 0) is 0 Å². The van der Waals surface area contributed by atoms with Gasteiger partial charge >= 0.3 is 0 Å². The summed E-state index contributed by atoms with van der Waals surface area (Å²) in [5.41, 5.74) is 1.08. The molecule has 0 saturated carbocycles. The van der Waals surface area contributed by atoms with Crippen LogP contribution < -0.4 is 0 Å². The Hall–Kier alpha value is -0.200. The van der Waals surface area contributed by atoms with Crippen LogP contribution in [-0.4, -0.2) is 23.3 Å². The summed E-state index contributed by atoms with van der Waals surface area (Å²) in [4.78, 5) is 26.8. The summed E-state index contributed by atoms with van der Waals surface area (Å²) in [5.74, 6) is 0.137. The van der Waals surface area contributed by atoms with Gasteiger partial charge in [-0.25, -0.2) is 0 Å². The van der Waals surface area contributed by atoms with Crippen molar-refractivity contribution in [3.8, 4) is 0 Å². The van der Waals surface area contributed by atoms with E-state index in [1.165, 1.54) is 41.9 Å². The van der Waals surface area contributed by atoms with Gasteiger partial charge in [-0.15, -0.1) is 11.3 Å². The van der Waals surface area contributed by atoms with Gasteiger partial charge < -0.3 is 0 Å². The van der Waals surface area contributed by atoms with Crippen molar-refractivity contribution < 1.29 is 9.59 Å². The van der Waals surface area contributed by atoms with Crippen LogP contribution in [0.4, 0.5) is 0 Å². The fourth-order valence-electron chi connectivity index (χ4n) is 3.22. The van der Waals surface area contributed by atoms with Gasteiger partial charge in [-0.3, -0.25) is 14.5 Å². The second-order valence-electron chi connectivity index (χ2n) is 6.48. The lowest BCUT2D eigenvalue weighted by Gasteiger charge is -2.23. The first-order valence-corrected chi connectivity index (χ1v) is 11.2. The number of imide groups is 1. The quantitative estimate of drug-likeness (QED) is 0.279. The zero-order valence-corrected chi connectivity index (χ0v) is 18.4. The van der Waals surface area contributed by atoms with Crippen LogP contribution in [0.25, 0.3) is 0 Å². The first kappa shape index (κ1) is 20.1. The van der Waals surface area contributed by atoms with Crippen molar-refractivity contribution >= 4 is 55.0 Å². The number of fused-ring (bicyclic) bond motifs is 1. The van der Waals surface area contributed by atoms with Crippen LogP contribution in [0, 0.1) is 5.92 Å². The average molecular weight is 479 g/mol. The van der Waals surface area contributed by atoms with E-state index >= 15 is 0 Å². The van der Waals surface area contributed by atoms with Crippen molar-refractivity contribution in [3.63, 3.8) is 0 Å². The number of amides is 2. The van der Waals surface area contributed by atoms with E-state index in [9.17, 15) is 9.59 Å². The molecule has 1 aromatic heterocycles. The maximum absolute atomic E-state index is 12.7. The van der Waals surface area contributed by atoms with Crippen LogP contribution >= 0.6 is 43.2 Å². The van der Waals surface area contributed by atoms with Gasteiger partial charge in [0.1, 0.15) is 0 Å². The summed E-state index contributed by atoms with van der Waals surface area (Å²) in [6.07, 6.45) is 9.42. The molecular weight excluding hydrogens is 454 g/mol. The molecule has 2 rings (SSSR count). The smallest absolute Gasteiger partial charge is 0.263 e. The lowest BCUT2D eigenvalue weighted by atomic mass is 9.94. The lowest BCUT2D eigenvalue weighted by molar-refractivity contribution is 0.0621. The molecule has 0 radical (unpaired) electrons. The van der Waals surface area contributed by atoms with E-state index in [1.54, 1.807) is 0 Å². The monoisotopic (exact) mass is 477 g/mol. The Morgan fingerprint density at radius 3 is 1.96 bits per heavy atom. The minimum absolute atomic E-state index is 0.140. The minimum Gasteiger partial charge on any atom is -0.274 e. The number of hydrogen-bond donors (Lipinski definition) is 0. The highest BCUT2D eigenvalue weighted by atomic mass is 79.9. The second kappa shape index (κ2) is 9.48. The van der Waals surface area contributed by atoms with E-state index in [0.717, 1.165) is 33.3 Å². The molecular formula is C18H25Br2NO2S. The van der Waals surface area contributed by atoms with Crippen molar-refractivity contribution in [2.24, 2.45) is 5.92 Å². The molecule has 0 saturated heterocycles. The predicted octanol–water partition coefficient (Wildman–Crippen LogP) is 6.65. The van der Waals surface area contributed by atoms with Gasteiger partial charge in [-0.1, -0.05) is 52.4 Å². The predicted molar refractivity (Wildman–Crippen MR) is 107 cm³/mol. The number of nitrogens with zero attached hydrogens (tertiary/aromatic N) is 1. The summed E-state index contributed by atoms with van der Waals surface area (Å²) in [6.45, 7) is 4.96. The van der Waals surface area contributed by atoms with E-state index in [0.29, 0.717) is 23.6 Å². The number of halogens is 2. The molecule has 1 aliphatic rings. The second-order valence-corrected chi connectivity index (χ2v) is 10.1. The van der Waals surface area contributed by atoms with E-state index < -0.39 is 0 Å².